The summed E-state index contributed by atoms with van der Waals surface area (Å²) in [6.07, 6.45) is 9.69. The van der Waals surface area contributed by atoms with Crippen molar-refractivity contribution in [3.05, 3.63) is 70.4 Å². The molecule has 1 N–H and O–H groups in total. The molecule has 3 aromatic heterocycles. The molecule has 0 radical (unpaired) electrons. The molecule has 43 heavy (non-hydrogen) atoms. The summed E-state index contributed by atoms with van der Waals surface area (Å²) in [5.74, 6) is -0.0592. The third kappa shape index (κ3) is 6.78. The summed E-state index contributed by atoms with van der Waals surface area (Å²) in [4.78, 5) is 42.0. The first-order valence-electron chi connectivity index (χ1n) is 13.4. The van der Waals surface area contributed by atoms with E-state index >= 15 is 0 Å². The first-order chi connectivity index (χ1) is 20.5. The van der Waals surface area contributed by atoms with Crippen molar-refractivity contribution in [1.29, 1.82) is 0 Å². The Hall–Kier alpha value is -4.10. The molecule has 4 aromatic rings. The Labute approximate surface area is 256 Å². The monoisotopic (exact) mass is 626 g/mol. The molecule has 5 rings (SSSR count). The lowest BCUT2D eigenvalue weighted by Crippen LogP contribution is -2.28. The standard InChI is InChI=1S/C16H22N6O.C13H10ClFN2O2S/c1-10-5-6-21(15(10)23)16-18-8-14(11(2)20-16)12(3)22-9-13(17-4)7-19-22;1-7-10(6-18)17-9(5-16-7)12-11(20(2)19)4-3-8(14)13(12)15/h7-10,12,17H,5-6H2,1-4H3;3-6H,1-2H3/t10-,12?;/m1./s1. The zero-order chi connectivity index (χ0) is 31.4. The molecule has 4 heterocycles. The highest BCUT2D eigenvalue weighted by molar-refractivity contribution is 7.84. The van der Waals surface area contributed by atoms with Crippen molar-refractivity contribution >= 4 is 46.2 Å². The molecule has 1 aliphatic heterocycles. The van der Waals surface area contributed by atoms with Gasteiger partial charge in [0.05, 0.1) is 61.8 Å². The predicted octanol–water partition coefficient (Wildman–Crippen LogP) is 4.80. The molecule has 0 aliphatic carbocycles. The van der Waals surface area contributed by atoms with E-state index in [0.717, 1.165) is 23.4 Å². The number of carbonyl (C=O) groups excluding carboxylic acids is 2. The number of nitrogens with one attached hydrogen (secondary N) is 1. The Morgan fingerprint density at radius 3 is 2.49 bits per heavy atom. The number of anilines is 2. The first-order valence-corrected chi connectivity index (χ1v) is 15.4. The number of nitrogens with zero attached hydrogens (tertiary/aromatic N) is 7. The summed E-state index contributed by atoms with van der Waals surface area (Å²) >= 11 is 5.75. The van der Waals surface area contributed by atoms with Crippen molar-refractivity contribution in [1.82, 2.24) is 29.7 Å². The lowest BCUT2D eigenvalue weighted by molar-refractivity contribution is -0.119. The Morgan fingerprint density at radius 2 is 1.91 bits per heavy atom. The van der Waals surface area contributed by atoms with Gasteiger partial charge in [-0.1, -0.05) is 18.5 Å². The minimum Gasteiger partial charge on any atom is -0.386 e. The number of rotatable bonds is 7. The quantitative estimate of drug-likeness (QED) is 0.287. The van der Waals surface area contributed by atoms with Crippen LogP contribution in [0.5, 0.6) is 0 Å². The van der Waals surface area contributed by atoms with Crippen molar-refractivity contribution in [3.63, 3.8) is 0 Å². The molecule has 1 saturated heterocycles. The van der Waals surface area contributed by atoms with Crippen LogP contribution in [-0.2, 0) is 15.6 Å². The van der Waals surface area contributed by atoms with Gasteiger partial charge in [-0.15, -0.1) is 0 Å². The molecule has 11 nitrogen and oxygen atoms in total. The maximum Gasteiger partial charge on any atom is 0.232 e. The smallest absolute Gasteiger partial charge is 0.232 e. The maximum atomic E-state index is 14.2. The molecule has 3 atom stereocenters. The fourth-order valence-electron chi connectivity index (χ4n) is 4.55. The van der Waals surface area contributed by atoms with Crippen LogP contribution in [0.3, 0.4) is 0 Å². The largest absolute Gasteiger partial charge is 0.386 e. The van der Waals surface area contributed by atoms with E-state index in [1.807, 2.05) is 31.8 Å². The minimum absolute atomic E-state index is 0.00827. The molecule has 2 unspecified atom stereocenters. The van der Waals surface area contributed by atoms with Crippen LogP contribution in [0.25, 0.3) is 11.3 Å². The van der Waals surface area contributed by atoms with Crippen LogP contribution in [0.15, 0.2) is 41.8 Å². The van der Waals surface area contributed by atoms with E-state index in [0.29, 0.717) is 24.5 Å². The van der Waals surface area contributed by atoms with Crippen molar-refractivity contribution in [2.75, 3.05) is 30.1 Å². The van der Waals surface area contributed by atoms with Crippen LogP contribution in [0.1, 0.15) is 53.7 Å². The zero-order valence-electron chi connectivity index (χ0n) is 24.6. The Balaban J connectivity index is 0.000000199. The number of hydrogen-bond donors (Lipinski definition) is 1. The van der Waals surface area contributed by atoms with Crippen molar-refractivity contribution < 1.29 is 18.2 Å². The van der Waals surface area contributed by atoms with Crippen molar-refractivity contribution in [3.8, 4) is 11.3 Å². The molecule has 1 fully saturated rings. The van der Waals surface area contributed by atoms with E-state index in [2.05, 4.69) is 37.3 Å². The number of carbonyl (C=O) groups is 2. The van der Waals surface area contributed by atoms with Gasteiger partial charge in [0.25, 0.3) is 0 Å². The van der Waals surface area contributed by atoms with Gasteiger partial charge in [-0.25, -0.2) is 19.3 Å². The Bertz CT molecular complexity index is 1700. The van der Waals surface area contributed by atoms with Gasteiger partial charge in [0.2, 0.25) is 11.9 Å². The second-order valence-corrected chi connectivity index (χ2v) is 11.8. The van der Waals surface area contributed by atoms with Crippen molar-refractivity contribution in [2.45, 2.75) is 45.1 Å². The number of hydrogen-bond acceptors (Lipinski definition) is 9. The second kappa shape index (κ2) is 13.5. The van der Waals surface area contributed by atoms with E-state index in [1.165, 1.54) is 24.6 Å². The van der Waals surface area contributed by atoms with Gasteiger partial charge >= 0.3 is 0 Å². The topological polar surface area (TPSA) is 136 Å². The third-order valence-electron chi connectivity index (χ3n) is 7.18. The normalized spacial score (nSPS) is 16.0. The van der Waals surface area contributed by atoms with E-state index in [9.17, 15) is 18.2 Å². The number of benzene rings is 1. The Morgan fingerprint density at radius 1 is 1.16 bits per heavy atom. The molecule has 0 bridgehead atoms. The fourth-order valence-corrected chi connectivity index (χ4v) is 5.45. The highest BCUT2D eigenvalue weighted by Crippen LogP contribution is 2.32. The van der Waals surface area contributed by atoms with Gasteiger partial charge in [-0.3, -0.25) is 28.4 Å². The van der Waals surface area contributed by atoms with Gasteiger partial charge in [-0.05, 0) is 39.3 Å². The number of amides is 1. The number of aldehydes is 1. The van der Waals surface area contributed by atoms with Gasteiger partial charge in [0, 0.05) is 49.4 Å². The predicted molar refractivity (Wildman–Crippen MR) is 163 cm³/mol. The van der Waals surface area contributed by atoms with Gasteiger partial charge in [0.1, 0.15) is 5.69 Å². The molecule has 14 heteroatoms. The van der Waals surface area contributed by atoms with Crippen LogP contribution in [0.2, 0.25) is 5.02 Å². The summed E-state index contributed by atoms with van der Waals surface area (Å²) in [5, 5.41) is 7.32. The van der Waals surface area contributed by atoms with Crippen molar-refractivity contribution in [2.24, 2.45) is 5.92 Å². The highest BCUT2D eigenvalue weighted by atomic mass is 35.5. The molecule has 1 amide bonds. The Kier molecular flexibility index (Phi) is 9.97. The first kappa shape index (κ1) is 31.8. The average molecular weight is 627 g/mol. The molecular formula is C29H32ClFN8O3S. The molecule has 1 aliphatic rings. The molecule has 1 aromatic carbocycles. The summed E-state index contributed by atoms with van der Waals surface area (Å²) in [6.45, 7) is 8.26. The number of halogens is 2. The van der Waals surface area contributed by atoms with Crippen LogP contribution in [0.4, 0.5) is 16.0 Å². The van der Waals surface area contributed by atoms with Crippen LogP contribution < -0.4 is 10.2 Å². The van der Waals surface area contributed by atoms with E-state index in [4.69, 9.17) is 11.6 Å². The lowest BCUT2D eigenvalue weighted by atomic mass is 10.1. The van der Waals surface area contributed by atoms with Crippen LogP contribution in [0, 0.1) is 25.6 Å². The van der Waals surface area contributed by atoms with Gasteiger partial charge < -0.3 is 5.32 Å². The highest BCUT2D eigenvalue weighted by Gasteiger charge is 2.31. The maximum absolute atomic E-state index is 14.2. The summed E-state index contributed by atoms with van der Waals surface area (Å²) < 4.78 is 27.8. The van der Waals surface area contributed by atoms with Gasteiger partial charge in [0.15, 0.2) is 12.1 Å². The van der Waals surface area contributed by atoms with Crippen LogP contribution >= 0.6 is 11.6 Å². The molecule has 226 valence electrons. The number of aryl methyl sites for hydroxylation is 2. The average Bonchev–Trinajstić information content (AvgIpc) is 3.61. The molecular weight excluding hydrogens is 595 g/mol. The number of aromatic nitrogens is 6. The third-order valence-corrected chi connectivity index (χ3v) is 8.43. The summed E-state index contributed by atoms with van der Waals surface area (Å²) in [6, 6.07) is 2.83. The fraction of sp³-hybridized carbons (Fsp3) is 0.345. The minimum atomic E-state index is -1.43. The van der Waals surface area contributed by atoms with E-state index in [1.54, 1.807) is 24.2 Å². The van der Waals surface area contributed by atoms with Gasteiger partial charge in [-0.2, -0.15) is 5.10 Å². The molecule has 0 saturated carbocycles. The molecule has 0 spiro atoms. The second-order valence-electron chi connectivity index (χ2n) is 10.1. The zero-order valence-corrected chi connectivity index (χ0v) is 26.2. The SMILES string of the molecule is CNc1cnn(C(C)c2cnc(N3CC[C@@H](C)C3=O)nc2C)c1.Cc1ncc(-c2c(S(C)=O)ccc(Cl)c2F)nc1C=O. The van der Waals surface area contributed by atoms with E-state index < -0.39 is 16.6 Å². The summed E-state index contributed by atoms with van der Waals surface area (Å²) in [5.41, 5.74) is 3.51. The van der Waals surface area contributed by atoms with Crippen LogP contribution in [-0.4, -0.2) is 66.0 Å². The lowest BCUT2D eigenvalue weighted by Gasteiger charge is -2.18. The summed E-state index contributed by atoms with van der Waals surface area (Å²) in [7, 11) is 0.436. The van der Waals surface area contributed by atoms with E-state index in [-0.39, 0.29) is 44.7 Å².